The molecule has 1 aromatic carbocycles. The Morgan fingerprint density at radius 2 is 2.03 bits per heavy atom. The molecule has 7 N–H and O–H groups in total. The van der Waals surface area contributed by atoms with Crippen molar-refractivity contribution in [2.24, 2.45) is 5.10 Å². The number of nitrogens with one attached hydrogen (secondary N) is 2. The third kappa shape index (κ3) is 4.65. The minimum Gasteiger partial charge on any atom is -0.394 e. The quantitative estimate of drug-likeness (QED) is 0.131. The van der Waals surface area contributed by atoms with Gasteiger partial charge in [0.05, 0.1) is 17.7 Å². The molecule has 2 saturated heterocycles. The van der Waals surface area contributed by atoms with E-state index in [1.54, 1.807) is 12.1 Å². The fourth-order valence-corrected chi connectivity index (χ4v) is 4.75. The molecule has 3 aromatic rings. The van der Waals surface area contributed by atoms with E-state index in [9.17, 15) is 30.2 Å². The smallest absolute Gasteiger partial charge is 0.293 e. The number of H-pyrrole nitrogens is 1. The molecule has 4 unspecified atom stereocenters. The van der Waals surface area contributed by atoms with Gasteiger partial charge in [0.15, 0.2) is 17.4 Å². The van der Waals surface area contributed by atoms with Gasteiger partial charge >= 0.3 is 0 Å². The predicted octanol–water partition coefficient (Wildman–Crippen LogP) is -0.342. The molecule has 0 spiro atoms. The summed E-state index contributed by atoms with van der Waals surface area (Å²) in [6.45, 7) is 0.944. The Balaban J connectivity index is 1.47. The SMILES string of the molecule is Nc1nc2c(nc(NN=Cc3ccc(N4CCCCC4)c([N+](=O)[O-])c3)n2C2OC(CO)C(O)C2O)c(=O)[nH]1. The number of nitro benzene ring substituents is 1. The number of anilines is 3. The predicted molar refractivity (Wildman–Crippen MR) is 136 cm³/mol. The molecule has 2 aliphatic heterocycles. The summed E-state index contributed by atoms with van der Waals surface area (Å²) in [4.78, 5) is 36.3. The summed E-state index contributed by atoms with van der Waals surface area (Å²) >= 11 is 0. The zero-order valence-electron chi connectivity index (χ0n) is 20.1. The number of aromatic nitrogens is 4. The summed E-state index contributed by atoms with van der Waals surface area (Å²) in [6, 6.07) is 4.80. The first-order valence-electron chi connectivity index (χ1n) is 12.0. The molecule has 0 radical (unpaired) electrons. The molecule has 38 heavy (non-hydrogen) atoms. The lowest BCUT2D eigenvalue weighted by Crippen LogP contribution is -2.33. The first-order valence-corrected chi connectivity index (χ1v) is 12.0. The van der Waals surface area contributed by atoms with Gasteiger partial charge in [-0.3, -0.25) is 24.5 Å². The number of ether oxygens (including phenoxy) is 1. The average Bonchev–Trinajstić information content (AvgIpc) is 3.40. The molecule has 16 heteroatoms. The number of hydrogen-bond donors (Lipinski definition) is 6. The minimum absolute atomic E-state index is 0.0409. The first kappa shape index (κ1) is 25.5. The number of hydrogen-bond acceptors (Lipinski definition) is 13. The van der Waals surface area contributed by atoms with Gasteiger partial charge in [-0.25, -0.2) is 10.4 Å². The van der Waals surface area contributed by atoms with Crippen molar-refractivity contribution < 1.29 is 25.0 Å². The number of aromatic amines is 1. The van der Waals surface area contributed by atoms with Crippen molar-refractivity contribution in [2.45, 2.75) is 43.8 Å². The van der Waals surface area contributed by atoms with Gasteiger partial charge in [0, 0.05) is 24.7 Å². The largest absolute Gasteiger partial charge is 0.394 e. The molecule has 4 heterocycles. The highest BCUT2D eigenvalue weighted by Crippen LogP contribution is 2.34. The third-order valence-corrected chi connectivity index (χ3v) is 6.61. The normalized spacial score (nSPS) is 23.9. The fourth-order valence-electron chi connectivity index (χ4n) is 4.75. The van der Waals surface area contributed by atoms with Crippen LogP contribution in [0.1, 0.15) is 31.1 Å². The number of fused-ring (bicyclic) bond motifs is 1. The van der Waals surface area contributed by atoms with Gasteiger partial charge < -0.3 is 30.7 Å². The second-order valence-electron chi connectivity index (χ2n) is 9.08. The van der Waals surface area contributed by atoms with E-state index in [2.05, 4.69) is 25.5 Å². The van der Waals surface area contributed by atoms with Gasteiger partial charge in [-0.05, 0) is 25.3 Å². The summed E-state index contributed by atoms with van der Waals surface area (Å²) in [5.74, 6) is -0.305. The number of piperidine rings is 1. The number of rotatable bonds is 7. The average molecular weight is 530 g/mol. The van der Waals surface area contributed by atoms with Crippen LogP contribution in [0.3, 0.4) is 0 Å². The summed E-state index contributed by atoms with van der Waals surface area (Å²) in [5, 5.41) is 46.1. The van der Waals surface area contributed by atoms with Crippen molar-refractivity contribution in [3.05, 3.63) is 44.2 Å². The molecule has 0 aliphatic carbocycles. The zero-order valence-corrected chi connectivity index (χ0v) is 20.1. The lowest BCUT2D eigenvalue weighted by atomic mass is 10.1. The summed E-state index contributed by atoms with van der Waals surface area (Å²) in [6.07, 6.45) is -0.917. The first-order chi connectivity index (χ1) is 18.3. The van der Waals surface area contributed by atoms with Crippen LogP contribution in [-0.4, -0.2) is 84.0 Å². The van der Waals surface area contributed by atoms with Crippen molar-refractivity contribution in [2.75, 3.05) is 35.8 Å². The van der Waals surface area contributed by atoms with Crippen LogP contribution >= 0.6 is 0 Å². The number of nitrogens with zero attached hydrogens (tertiary/aromatic N) is 6. The Labute approximate surface area is 214 Å². The minimum atomic E-state index is -1.50. The molecular weight excluding hydrogens is 502 g/mol. The number of benzene rings is 1. The Hall–Kier alpha value is -4.12. The van der Waals surface area contributed by atoms with Crippen LogP contribution in [0.5, 0.6) is 0 Å². The van der Waals surface area contributed by atoms with E-state index in [1.807, 2.05) is 4.90 Å². The molecule has 202 valence electrons. The summed E-state index contributed by atoms with van der Waals surface area (Å²) in [7, 11) is 0. The molecule has 2 aliphatic rings. The van der Waals surface area contributed by atoms with Crippen LogP contribution in [0.2, 0.25) is 0 Å². The molecule has 5 rings (SSSR count). The number of nitrogen functional groups attached to an aromatic ring is 1. The number of aliphatic hydroxyl groups is 3. The van der Waals surface area contributed by atoms with Crippen LogP contribution in [-0.2, 0) is 4.74 Å². The summed E-state index contributed by atoms with van der Waals surface area (Å²) < 4.78 is 6.79. The number of nitrogens with two attached hydrogens (primary N) is 1. The van der Waals surface area contributed by atoms with Gasteiger partial charge in [0.1, 0.15) is 24.0 Å². The second-order valence-corrected chi connectivity index (χ2v) is 9.08. The zero-order chi connectivity index (χ0) is 27.0. The van der Waals surface area contributed by atoms with E-state index in [4.69, 9.17) is 10.5 Å². The van der Waals surface area contributed by atoms with Crippen molar-refractivity contribution in [3.8, 4) is 0 Å². The van der Waals surface area contributed by atoms with E-state index in [-0.39, 0.29) is 28.7 Å². The van der Waals surface area contributed by atoms with Crippen LogP contribution < -0.4 is 21.6 Å². The molecule has 16 nitrogen and oxygen atoms in total. The van der Waals surface area contributed by atoms with E-state index in [0.717, 1.165) is 32.4 Å². The topological polar surface area (TPSA) is 230 Å². The number of nitro groups is 1. The van der Waals surface area contributed by atoms with Gasteiger partial charge in [-0.2, -0.15) is 10.1 Å². The Morgan fingerprint density at radius 3 is 2.71 bits per heavy atom. The van der Waals surface area contributed by atoms with Crippen LogP contribution in [0, 0.1) is 10.1 Å². The Bertz CT molecular complexity index is 1430. The van der Waals surface area contributed by atoms with Crippen molar-refractivity contribution >= 4 is 40.6 Å². The number of aliphatic hydroxyl groups excluding tert-OH is 3. The maximum absolute atomic E-state index is 12.4. The van der Waals surface area contributed by atoms with Crippen molar-refractivity contribution in [1.29, 1.82) is 0 Å². The van der Waals surface area contributed by atoms with E-state index in [1.165, 1.54) is 16.8 Å². The van der Waals surface area contributed by atoms with Gasteiger partial charge in [0.25, 0.3) is 11.2 Å². The molecule has 0 saturated carbocycles. The van der Waals surface area contributed by atoms with Gasteiger partial charge in [-0.1, -0.05) is 6.07 Å². The molecule has 2 fully saturated rings. The number of hydrazone groups is 1. The molecule has 0 bridgehead atoms. The highest BCUT2D eigenvalue weighted by atomic mass is 16.6. The molecular formula is C22H27N9O7. The highest BCUT2D eigenvalue weighted by molar-refractivity contribution is 5.84. The fraction of sp³-hybridized carbons (Fsp3) is 0.455. The van der Waals surface area contributed by atoms with Gasteiger partial charge in [-0.15, -0.1) is 0 Å². The molecule has 4 atom stereocenters. The Kier molecular flexibility index (Phi) is 6.94. The van der Waals surface area contributed by atoms with Crippen LogP contribution in [0.4, 0.5) is 23.3 Å². The molecule has 0 amide bonds. The maximum Gasteiger partial charge on any atom is 0.293 e. The summed E-state index contributed by atoms with van der Waals surface area (Å²) in [5.41, 5.74) is 8.41. The van der Waals surface area contributed by atoms with E-state index >= 15 is 0 Å². The van der Waals surface area contributed by atoms with Crippen LogP contribution in [0.25, 0.3) is 11.2 Å². The third-order valence-electron chi connectivity index (χ3n) is 6.61. The second kappa shape index (κ2) is 10.3. The van der Waals surface area contributed by atoms with Crippen LogP contribution in [0.15, 0.2) is 28.1 Å². The Morgan fingerprint density at radius 1 is 1.26 bits per heavy atom. The molecule has 2 aromatic heterocycles. The van der Waals surface area contributed by atoms with Gasteiger partial charge in [0.2, 0.25) is 11.9 Å². The highest BCUT2D eigenvalue weighted by Gasteiger charge is 2.45. The monoisotopic (exact) mass is 529 g/mol. The standard InChI is InChI=1S/C22H27N9O7/c23-21-26-18-15(19(35)27-21)25-22(30(18)20-17(34)16(33)14(10-32)38-20)28-24-9-11-4-5-12(13(8-11)31(36)37)29-6-2-1-3-7-29/h4-5,8-9,14,16-17,20,32-34H,1-3,6-7,10H2,(H,25,28)(H3,23,26,27,35). The van der Waals surface area contributed by atoms with E-state index in [0.29, 0.717) is 11.3 Å². The lowest BCUT2D eigenvalue weighted by Gasteiger charge is -2.28. The lowest BCUT2D eigenvalue weighted by molar-refractivity contribution is -0.384. The van der Waals surface area contributed by atoms with Crippen molar-refractivity contribution in [1.82, 2.24) is 19.5 Å². The maximum atomic E-state index is 12.4. The van der Waals surface area contributed by atoms with E-state index < -0.39 is 41.6 Å². The van der Waals surface area contributed by atoms with Crippen molar-refractivity contribution in [3.63, 3.8) is 0 Å². The number of imidazole rings is 1.